The molecule has 3 amide bonds. The van der Waals surface area contributed by atoms with Gasteiger partial charge in [0.2, 0.25) is 0 Å². The number of nitrogens with one attached hydrogen (secondary N) is 2. The number of aryl methyl sites for hydroxylation is 2. The van der Waals surface area contributed by atoms with Crippen molar-refractivity contribution >= 4 is 17.9 Å². The molecule has 1 aromatic rings. The van der Waals surface area contributed by atoms with E-state index >= 15 is 0 Å². The molecule has 0 saturated heterocycles. The Kier molecular flexibility index (Phi) is 6.90. The Bertz CT molecular complexity index is 728. The quantitative estimate of drug-likeness (QED) is 0.731. The Balaban J connectivity index is 1.38. The molecule has 0 aliphatic heterocycles. The summed E-state index contributed by atoms with van der Waals surface area (Å²) in [5, 5.41) is 5.02. The Morgan fingerprint density at radius 3 is 2.61 bits per heavy atom. The molecule has 1 aromatic carbocycles. The van der Waals surface area contributed by atoms with Gasteiger partial charge in [-0.1, -0.05) is 25.3 Å². The zero-order chi connectivity index (χ0) is 19.9. The van der Waals surface area contributed by atoms with Crippen molar-refractivity contribution in [2.45, 2.75) is 70.4 Å². The van der Waals surface area contributed by atoms with E-state index in [2.05, 4.69) is 10.6 Å². The molecule has 152 valence electrons. The fraction of sp³-hybridized carbons (Fsp3) is 0.571. The molecule has 7 nitrogen and oxygen atoms in total. The predicted octanol–water partition coefficient (Wildman–Crippen LogP) is 2.64. The molecule has 0 aromatic heterocycles. The van der Waals surface area contributed by atoms with E-state index in [1.165, 1.54) is 24.5 Å². The summed E-state index contributed by atoms with van der Waals surface area (Å²) >= 11 is 0. The molecule has 1 atom stereocenters. The number of urea groups is 1. The van der Waals surface area contributed by atoms with Gasteiger partial charge in [-0.2, -0.15) is 0 Å². The van der Waals surface area contributed by atoms with Gasteiger partial charge in [0.05, 0.1) is 0 Å². The number of fused-ring (bicyclic) bond motifs is 1. The van der Waals surface area contributed by atoms with E-state index < -0.39 is 24.0 Å². The Morgan fingerprint density at radius 2 is 1.82 bits per heavy atom. The van der Waals surface area contributed by atoms with Crippen LogP contribution >= 0.6 is 0 Å². The number of carbonyl (C=O) groups excluding carboxylic acids is 3. The average Bonchev–Trinajstić information content (AvgIpc) is 3.14. The molecule has 0 spiro atoms. The Hall–Kier alpha value is -2.57. The minimum absolute atomic E-state index is 0.0973. The van der Waals surface area contributed by atoms with E-state index in [0.29, 0.717) is 5.75 Å². The highest BCUT2D eigenvalue weighted by molar-refractivity contribution is 5.97. The minimum atomic E-state index is -1.08. The normalized spacial score (nSPS) is 17.3. The van der Waals surface area contributed by atoms with E-state index in [1.54, 1.807) is 0 Å². The summed E-state index contributed by atoms with van der Waals surface area (Å²) in [5.41, 5.74) is 2.58. The van der Waals surface area contributed by atoms with Gasteiger partial charge in [0.1, 0.15) is 5.75 Å². The number of hydrogen-bond donors (Lipinski definition) is 2. The number of benzene rings is 1. The standard InChI is InChI=1S/C21H28N2O5/c1-14(20(25)23-21(26)22-17-8-3-2-4-9-17)28-19(24)13-27-18-11-10-15-6-5-7-16(15)12-18/h10-12,14,17H,2-9,13H2,1H3,(H2,22,23,25,26)/t14-/m1/s1. The van der Waals surface area contributed by atoms with Gasteiger partial charge >= 0.3 is 12.0 Å². The Morgan fingerprint density at radius 1 is 1.07 bits per heavy atom. The first-order valence-corrected chi connectivity index (χ1v) is 10.1. The van der Waals surface area contributed by atoms with Gasteiger partial charge in [-0.15, -0.1) is 0 Å². The van der Waals surface area contributed by atoms with Crippen molar-refractivity contribution in [3.63, 3.8) is 0 Å². The number of carbonyl (C=O) groups is 3. The number of amides is 3. The summed E-state index contributed by atoms with van der Waals surface area (Å²) in [4.78, 5) is 35.9. The van der Waals surface area contributed by atoms with Gasteiger partial charge in [-0.05, 0) is 62.3 Å². The third-order valence-corrected chi connectivity index (χ3v) is 5.28. The number of rotatable bonds is 6. The predicted molar refractivity (Wildman–Crippen MR) is 103 cm³/mol. The molecule has 0 unspecified atom stereocenters. The van der Waals surface area contributed by atoms with Gasteiger partial charge in [0.25, 0.3) is 5.91 Å². The molecule has 1 fully saturated rings. The van der Waals surface area contributed by atoms with Crippen LogP contribution in [0.2, 0.25) is 0 Å². The summed E-state index contributed by atoms with van der Waals surface area (Å²) < 4.78 is 10.5. The van der Waals surface area contributed by atoms with Crippen LogP contribution in [-0.4, -0.2) is 36.7 Å². The summed E-state index contributed by atoms with van der Waals surface area (Å²) in [6.45, 7) is 1.14. The molecule has 2 N–H and O–H groups in total. The summed E-state index contributed by atoms with van der Waals surface area (Å²) in [6, 6.07) is 5.35. The highest BCUT2D eigenvalue weighted by Crippen LogP contribution is 2.26. The molecule has 1 saturated carbocycles. The fourth-order valence-corrected chi connectivity index (χ4v) is 3.75. The van der Waals surface area contributed by atoms with E-state index in [-0.39, 0.29) is 12.6 Å². The van der Waals surface area contributed by atoms with Gasteiger partial charge in [0, 0.05) is 6.04 Å². The van der Waals surface area contributed by atoms with E-state index in [0.717, 1.165) is 44.9 Å². The highest BCUT2D eigenvalue weighted by atomic mass is 16.6. The van der Waals surface area contributed by atoms with Crippen LogP contribution in [0, 0.1) is 0 Å². The van der Waals surface area contributed by atoms with Crippen LogP contribution in [0.15, 0.2) is 18.2 Å². The molecular weight excluding hydrogens is 360 g/mol. The SMILES string of the molecule is C[C@@H](OC(=O)COc1ccc2c(c1)CCC2)C(=O)NC(=O)NC1CCCCC1. The zero-order valence-electron chi connectivity index (χ0n) is 16.3. The zero-order valence-corrected chi connectivity index (χ0v) is 16.3. The van der Waals surface area contributed by atoms with Crippen LogP contribution in [-0.2, 0) is 27.2 Å². The van der Waals surface area contributed by atoms with Crippen molar-refractivity contribution in [3.8, 4) is 5.75 Å². The number of hydrogen-bond acceptors (Lipinski definition) is 5. The van der Waals surface area contributed by atoms with Crippen molar-refractivity contribution in [2.24, 2.45) is 0 Å². The monoisotopic (exact) mass is 388 g/mol. The lowest BCUT2D eigenvalue weighted by Gasteiger charge is -2.23. The largest absolute Gasteiger partial charge is 0.482 e. The summed E-state index contributed by atoms with van der Waals surface area (Å²) in [7, 11) is 0. The molecule has 0 heterocycles. The van der Waals surface area contributed by atoms with Crippen molar-refractivity contribution in [2.75, 3.05) is 6.61 Å². The number of esters is 1. The van der Waals surface area contributed by atoms with Crippen LogP contribution < -0.4 is 15.4 Å². The van der Waals surface area contributed by atoms with E-state index in [1.807, 2.05) is 18.2 Å². The van der Waals surface area contributed by atoms with Gasteiger partial charge in [-0.3, -0.25) is 10.1 Å². The maximum atomic E-state index is 12.0. The van der Waals surface area contributed by atoms with Crippen LogP contribution in [0.5, 0.6) is 5.75 Å². The molecular formula is C21H28N2O5. The second-order valence-electron chi connectivity index (χ2n) is 7.50. The van der Waals surface area contributed by atoms with Crippen LogP contribution in [0.1, 0.15) is 56.6 Å². The van der Waals surface area contributed by atoms with Crippen LogP contribution in [0.25, 0.3) is 0 Å². The maximum Gasteiger partial charge on any atom is 0.344 e. The summed E-state index contributed by atoms with van der Waals surface area (Å²) in [5.74, 6) is -0.698. The fourth-order valence-electron chi connectivity index (χ4n) is 3.75. The number of imide groups is 1. The van der Waals surface area contributed by atoms with E-state index in [9.17, 15) is 14.4 Å². The van der Waals surface area contributed by atoms with Gasteiger partial charge in [0.15, 0.2) is 12.7 Å². The molecule has 3 rings (SSSR count). The van der Waals surface area contributed by atoms with Crippen molar-refractivity contribution in [1.29, 1.82) is 0 Å². The third kappa shape index (κ3) is 5.71. The molecule has 7 heteroatoms. The van der Waals surface area contributed by atoms with E-state index in [4.69, 9.17) is 9.47 Å². The van der Waals surface area contributed by atoms with Gasteiger partial charge in [-0.25, -0.2) is 9.59 Å². The maximum absolute atomic E-state index is 12.0. The Labute approximate surface area is 165 Å². The molecule has 2 aliphatic rings. The van der Waals surface area contributed by atoms with Crippen LogP contribution in [0.4, 0.5) is 4.79 Å². The lowest BCUT2D eigenvalue weighted by Crippen LogP contribution is -2.48. The first-order chi connectivity index (χ1) is 13.5. The van der Waals surface area contributed by atoms with Gasteiger partial charge < -0.3 is 14.8 Å². The first kappa shape index (κ1) is 20.2. The topological polar surface area (TPSA) is 93.7 Å². The summed E-state index contributed by atoms with van der Waals surface area (Å²) in [6.07, 6.45) is 7.36. The first-order valence-electron chi connectivity index (χ1n) is 10.1. The lowest BCUT2D eigenvalue weighted by atomic mass is 9.96. The lowest BCUT2D eigenvalue weighted by molar-refractivity contribution is -0.156. The average molecular weight is 388 g/mol. The van der Waals surface area contributed by atoms with Crippen molar-refractivity contribution in [1.82, 2.24) is 10.6 Å². The van der Waals surface area contributed by atoms with Crippen molar-refractivity contribution in [3.05, 3.63) is 29.3 Å². The smallest absolute Gasteiger partial charge is 0.344 e. The third-order valence-electron chi connectivity index (χ3n) is 5.28. The molecule has 0 bridgehead atoms. The second-order valence-corrected chi connectivity index (χ2v) is 7.50. The molecule has 0 radical (unpaired) electrons. The number of ether oxygens (including phenoxy) is 2. The van der Waals surface area contributed by atoms with Crippen LogP contribution in [0.3, 0.4) is 0 Å². The molecule has 28 heavy (non-hydrogen) atoms. The molecule has 2 aliphatic carbocycles. The highest BCUT2D eigenvalue weighted by Gasteiger charge is 2.22. The minimum Gasteiger partial charge on any atom is -0.482 e. The van der Waals surface area contributed by atoms with Crippen molar-refractivity contribution < 1.29 is 23.9 Å². The second kappa shape index (κ2) is 9.57.